The molecule has 2 nitrogen and oxygen atoms in total. The van der Waals surface area contributed by atoms with E-state index in [9.17, 15) is 0 Å². The standard InChI is InChI=1S/C27H28N2/c1-3-19-10-7-11-20(4-2)27(19)24-17-22-15-16-29(26(22)18-28-24)25-14-8-12-21-9-5-6-13-23(21)25/h5-7,9-11,13,15-18,25H,3-4,8,12,14H2,1-2H3. The van der Waals surface area contributed by atoms with Crippen LogP contribution in [0.5, 0.6) is 0 Å². The molecule has 2 heterocycles. The van der Waals surface area contributed by atoms with Crippen LogP contribution in [0.4, 0.5) is 0 Å². The zero-order valence-corrected chi connectivity index (χ0v) is 17.4. The van der Waals surface area contributed by atoms with Crippen molar-refractivity contribution in [3.8, 4) is 11.3 Å². The Labute approximate surface area is 173 Å². The highest BCUT2D eigenvalue weighted by molar-refractivity contribution is 5.85. The average molecular weight is 381 g/mol. The minimum atomic E-state index is 0.416. The molecule has 0 saturated heterocycles. The van der Waals surface area contributed by atoms with Gasteiger partial charge in [0.2, 0.25) is 0 Å². The topological polar surface area (TPSA) is 17.8 Å². The van der Waals surface area contributed by atoms with Gasteiger partial charge >= 0.3 is 0 Å². The monoisotopic (exact) mass is 380 g/mol. The summed E-state index contributed by atoms with van der Waals surface area (Å²) in [4.78, 5) is 4.96. The second kappa shape index (κ2) is 7.51. The Balaban J connectivity index is 1.61. The van der Waals surface area contributed by atoms with Crippen LogP contribution in [0.1, 0.15) is 55.0 Å². The van der Waals surface area contributed by atoms with Gasteiger partial charge in [0, 0.05) is 17.1 Å². The summed E-state index contributed by atoms with van der Waals surface area (Å²) >= 11 is 0. The van der Waals surface area contributed by atoms with Crippen molar-refractivity contribution in [2.24, 2.45) is 0 Å². The minimum absolute atomic E-state index is 0.416. The number of hydrogen-bond acceptors (Lipinski definition) is 1. The highest BCUT2D eigenvalue weighted by Crippen LogP contribution is 2.36. The molecule has 1 atom stereocenters. The van der Waals surface area contributed by atoms with E-state index >= 15 is 0 Å². The summed E-state index contributed by atoms with van der Waals surface area (Å²) in [5.74, 6) is 0. The predicted octanol–water partition coefficient (Wildman–Crippen LogP) is 6.75. The number of rotatable bonds is 4. The van der Waals surface area contributed by atoms with Crippen LogP contribution in [0.15, 0.2) is 67.0 Å². The predicted molar refractivity (Wildman–Crippen MR) is 121 cm³/mol. The molecule has 2 aromatic heterocycles. The first-order chi connectivity index (χ1) is 14.3. The van der Waals surface area contributed by atoms with Gasteiger partial charge < -0.3 is 4.57 Å². The van der Waals surface area contributed by atoms with Gasteiger partial charge in [0.05, 0.1) is 23.4 Å². The maximum atomic E-state index is 4.96. The molecule has 29 heavy (non-hydrogen) atoms. The lowest BCUT2D eigenvalue weighted by atomic mass is 9.87. The number of hydrogen-bond donors (Lipinski definition) is 0. The van der Waals surface area contributed by atoms with Gasteiger partial charge in [0.15, 0.2) is 0 Å². The van der Waals surface area contributed by atoms with Gasteiger partial charge in [-0.1, -0.05) is 56.3 Å². The summed E-state index contributed by atoms with van der Waals surface area (Å²) in [5, 5.41) is 1.28. The van der Waals surface area contributed by atoms with Gasteiger partial charge in [-0.05, 0) is 66.5 Å². The van der Waals surface area contributed by atoms with E-state index in [2.05, 4.69) is 85.4 Å². The van der Waals surface area contributed by atoms with Gasteiger partial charge in [-0.2, -0.15) is 0 Å². The number of aryl methyl sites for hydroxylation is 3. The van der Waals surface area contributed by atoms with E-state index in [1.54, 1.807) is 0 Å². The van der Waals surface area contributed by atoms with Crippen molar-refractivity contribution in [3.63, 3.8) is 0 Å². The second-order valence-corrected chi connectivity index (χ2v) is 8.12. The lowest BCUT2D eigenvalue weighted by Crippen LogP contribution is -2.16. The number of nitrogens with zero attached hydrogens (tertiary/aromatic N) is 2. The Bertz CT molecular complexity index is 1150. The van der Waals surface area contributed by atoms with Crippen molar-refractivity contribution in [2.75, 3.05) is 0 Å². The van der Waals surface area contributed by atoms with Crippen molar-refractivity contribution in [1.82, 2.24) is 9.55 Å². The van der Waals surface area contributed by atoms with Crippen LogP contribution >= 0.6 is 0 Å². The molecule has 0 radical (unpaired) electrons. The van der Waals surface area contributed by atoms with Crippen LogP contribution in [0.25, 0.3) is 22.2 Å². The van der Waals surface area contributed by atoms with Crippen LogP contribution in [0.2, 0.25) is 0 Å². The molecule has 0 spiro atoms. The van der Waals surface area contributed by atoms with Gasteiger partial charge in [0.25, 0.3) is 0 Å². The van der Waals surface area contributed by atoms with E-state index in [-0.39, 0.29) is 0 Å². The Morgan fingerprint density at radius 1 is 0.966 bits per heavy atom. The molecular weight excluding hydrogens is 352 g/mol. The largest absolute Gasteiger partial charge is 0.339 e. The van der Waals surface area contributed by atoms with Crippen molar-refractivity contribution in [1.29, 1.82) is 0 Å². The summed E-state index contributed by atoms with van der Waals surface area (Å²) in [6.07, 6.45) is 10.0. The van der Waals surface area contributed by atoms with Crippen molar-refractivity contribution < 1.29 is 0 Å². The molecule has 0 saturated carbocycles. The molecule has 2 heteroatoms. The molecular formula is C27H28N2. The first-order valence-corrected chi connectivity index (χ1v) is 11.0. The average Bonchev–Trinajstić information content (AvgIpc) is 3.21. The molecule has 146 valence electrons. The normalized spacial score (nSPS) is 16.1. The molecule has 0 aliphatic heterocycles. The number of fused-ring (bicyclic) bond motifs is 2. The van der Waals surface area contributed by atoms with Crippen molar-refractivity contribution in [3.05, 3.63) is 89.2 Å². The van der Waals surface area contributed by atoms with E-state index in [0.717, 1.165) is 18.5 Å². The van der Waals surface area contributed by atoms with Gasteiger partial charge in [-0.3, -0.25) is 4.98 Å². The van der Waals surface area contributed by atoms with Gasteiger partial charge in [-0.15, -0.1) is 0 Å². The molecule has 1 aliphatic carbocycles. The smallest absolute Gasteiger partial charge is 0.0715 e. The zero-order chi connectivity index (χ0) is 19.8. The molecule has 1 unspecified atom stereocenters. The summed E-state index contributed by atoms with van der Waals surface area (Å²) in [7, 11) is 0. The van der Waals surface area contributed by atoms with Crippen LogP contribution in [-0.4, -0.2) is 9.55 Å². The van der Waals surface area contributed by atoms with Crippen LogP contribution in [0, 0.1) is 0 Å². The lowest BCUT2D eigenvalue weighted by molar-refractivity contribution is 0.501. The molecule has 2 aromatic carbocycles. The zero-order valence-electron chi connectivity index (χ0n) is 17.4. The van der Waals surface area contributed by atoms with Crippen LogP contribution < -0.4 is 0 Å². The Hall–Kier alpha value is -2.87. The second-order valence-electron chi connectivity index (χ2n) is 8.12. The Kier molecular flexibility index (Phi) is 4.71. The van der Waals surface area contributed by atoms with Crippen molar-refractivity contribution >= 4 is 10.9 Å². The third-order valence-corrected chi connectivity index (χ3v) is 6.54. The Morgan fingerprint density at radius 3 is 2.55 bits per heavy atom. The third-order valence-electron chi connectivity index (χ3n) is 6.54. The minimum Gasteiger partial charge on any atom is -0.339 e. The Morgan fingerprint density at radius 2 is 1.76 bits per heavy atom. The third kappa shape index (κ3) is 3.07. The first kappa shape index (κ1) is 18.2. The van der Waals surface area contributed by atoms with Gasteiger partial charge in [-0.25, -0.2) is 0 Å². The van der Waals surface area contributed by atoms with Crippen molar-refractivity contribution in [2.45, 2.75) is 52.0 Å². The van der Waals surface area contributed by atoms with E-state index < -0.39 is 0 Å². The fourth-order valence-corrected chi connectivity index (χ4v) is 5.05. The summed E-state index contributed by atoms with van der Waals surface area (Å²) in [5.41, 5.74) is 9.42. The first-order valence-electron chi connectivity index (χ1n) is 11.0. The molecule has 0 amide bonds. The maximum Gasteiger partial charge on any atom is 0.0715 e. The molecule has 0 fully saturated rings. The highest BCUT2D eigenvalue weighted by Gasteiger charge is 2.22. The maximum absolute atomic E-state index is 4.96. The fourth-order valence-electron chi connectivity index (χ4n) is 5.05. The van der Waals surface area contributed by atoms with E-state index in [1.165, 1.54) is 58.0 Å². The molecule has 1 aliphatic rings. The number of pyridine rings is 1. The molecule has 4 aromatic rings. The SMILES string of the molecule is CCc1cccc(CC)c1-c1cc2ccn(C3CCCc4ccccc43)c2cn1. The van der Waals surface area contributed by atoms with E-state index in [1.807, 2.05) is 0 Å². The summed E-state index contributed by atoms with van der Waals surface area (Å²) in [6, 6.07) is 20.6. The molecule has 0 N–H and O–H groups in total. The van der Waals surface area contributed by atoms with E-state index in [4.69, 9.17) is 4.98 Å². The lowest BCUT2D eigenvalue weighted by Gasteiger charge is -2.27. The fraction of sp³-hybridized carbons (Fsp3) is 0.296. The molecule has 5 rings (SSSR count). The quantitative estimate of drug-likeness (QED) is 0.383. The van der Waals surface area contributed by atoms with Crippen LogP contribution in [0.3, 0.4) is 0 Å². The number of aromatic nitrogens is 2. The number of benzene rings is 2. The van der Waals surface area contributed by atoms with E-state index in [0.29, 0.717) is 6.04 Å². The summed E-state index contributed by atoms with van der Waals surface area (Å²) in [6.45, 7) is 4.46. The van der Waals surface area contributed by atoms with Gasteiger partial charge in [0.1, 0.15) is 0 Å². The summed E-state index contributed by atoms with van der Waals surface area (Å²) < 4.78 is 2.44. The highest BCUT2D eigenvalue weighted by atomic mass is 15.0. The molecule has 0 bridgehead atoms. The van der Waals surface area contributed by atoms with Crippen LogP contribution in [-0.2, 0) is 19.3 Å².